The van der Waals surface area contributed by atoms with E-state index in [9.17, 15) is 5.11 Å². The Bertz CT molecular complexity index is 300. The summed E-state index contributed by atoms with van der Waals surface area (Å²) in [6.45, 7) is 3.61. The fourth-order valence-corrected chi connectivity index (χ4v) is 1.39. The van der Waals surface area contributed by atoms with Gasteiger partial charge in [0.15, 0.2) is 11.9 Å². The first-order valence-corrected chi connectivity index (χ1v) is 4.74. The average Bonchev–Trinajstić information content (AvgIpc) is 2.77. The fraction of sp³-hybridized carbons (Fsp3) is 0.667. The zero-order valence-corrected chi connectivity index (χ0v) is 8.09. The summed E-state index contributed by atoms with van der Waals surface area (Å²) in [4.78, 5) is 0. The first-order chi connectivity index (χ1) is 6.79. The second-order valence-corrected chi connectivity index (χ2v) is 3.29. The number of rotatable bonds is 3. The fourth-order valence-electron chi connectivity index (χ4n) is 1.39. The molecule has 0 aliphatic carbocycles. The molecule has 0 spiro atoms. The third-order valence-electron chi connectivity index (χ3n) is 2.22. The van der Waals surface area contributed by atoms with Gasteiger partial charge in [0.05, 0.1) is 25.6 Å². The minimum absolute atomic E-state index is 0.260. The number of ether oxygens (including phenoxy) is 2. The highest BCUT2D eigenvalue weighted by Crippen LogP contribution is 2.16. The van der Waals surface area contributed by atoms with Crippen LogP contribution in [0.1, 0.15) is 6.92 Å². The van der Waals surface area contributed by atoms with Crippen molar-refractivity contribution in [1.82, 2.24) is 9.78 Å². The van der Waals surface area contributed by atoms with Crippen LogP contribution < -0.4 is 4.74 Å². The van der Waals surface area contributed by atoms with Gasteiger partial charge in [0.25, 0.3) is 0 Å². The van der Waals surface area contributed by atoms with Crippen molar-refractivity contribution in [3.8, 4) is 5.75 Å². The summed E-state index contributed by atoms with van der Waals surface area (Å²) < 4.78 is 12.4. The van der Waals surface area contributed by atoms with Crippen molar-refractivity contribution in [3.05, 3.63) is 12.4 Å². The molecule has 0 amide bonds. The second kappa shape index (κ2) is 3.98. The van der Waals surface area contributed by atoms with E-state index in [2.05, 4.69) is 5.10 Å². The van der Waals surface area contributed by atoms with Crippen molar-refractivity contribution in [2.45, 2.75) is 25.7 Å². The van der Waals surface area contributed by atoms with Crippen LogP contribution in [-0.4, -0.2) is 40.3 Å². The lowest BCUT2D eigenvalue weighted by Gasteiger charge is -2.12. The van der Waals surface area contributed by atoms with Crippen LogP contribution in [0.2, 0.25) is 0 Å². The van der Waals surface area contributed by atoms with Crippen LogP contribution in [0.15, 0.2) is 12.4 Å². The summed E-state index contributed by atoms with van der Waals surface area (Å²) in [6, 6.07) is 0. The van der Waals surface area contributed by atoms with Gasteiger partial charge >= 0.3 is 0 Å². The normalized spacial score (nSPS) is 26.7. The van der Waals surface area contributed by atoms with Crippen molar-refractivity contribution in [3.63, 3.8) is 0 Å². The Balaban J connectivity index is 1.96. The van der Waals surface area contributed by atoms with Gasteiger partial charge in [0, 0.05) is 6.54 Å². The van der Waals surface area contributed by atoms with Crippen LogP contribution >= 0.6 is 0 Å². The summed E-state index contributed by atoms with van der Waals surface area (Å²) in [5, 5.41) is 13.5. The molecule has 2 unspecified atom stereocenters. The number of aliphatic hydroxyl groups excluding tert-OH is 1. The molecule has 0 saturated carbocycles. The van der Waals surface area contributed by atoms with Gasteiger partial charge in [-0.15, -0.1) is 0 Å². The Morgan fingerprint density at radius 3 is 3.14 bits per heavy atom. The molecule has 0 radical (unpaired) electrons. The predicted molar refractivity (Wildman–Crippen MR) is 49.1 cm³/mol. The van der Waals surface area contributed by atoms with E-state index in [4.69, 9.17) is 9.47 Å². The van der Waals surface area contributed by atoms with E-state index < -0.39 is 6.10 Å². The standard InChI is InChI=1S/C9H14N2O3/c1-2-11-4-7(3-10-11)14-9-6-13-5-8(9)12/h3-4,8-9,12H,2,5-6H2,1H3. The minimum atomic E-state index is -0.528. The smallest absolute Gasteiger partial charge is 0.157 e. The van der Waals surface area contributed by atoms with Crippen molar-refractivity contribution in [2.75, 3.05) is 13.2 Å². The molecule has 0 aromatic carbocycles. The van der Waals surface area contributed by atoms with Crippen LogP contribution in [0.25, 0.3) is 0 Å². The zero-order chi connectivity index (χ0) is 9.97. The molecule has 1 aromatic rings. The highest BCUT2D eigenvalue weighted by atomic mass is 16.6. The van der Waals surface area contributed by atoms with E-state index in [0.717, 1.165) is 6.54 Å². The largest absolute Gasteiger partial charge is 0.482 e. The lowest BCUT2D eigenvalue weighted by molar-refractivity contribution is 0.0733. The van der Waals surface area contributed by atoms with E-state index in [1.165, 1.54) is 0 Å². The topological polar surface area (TPSA) is 56.5 Å². The van der Waals surface area contributed by atoms with Crippen LogP contribution in [0, 0.1) is 0 Å². The molecule has 2 atom stereocenters. The summed E-state index contributed by atoms with van der Waals surface area (Å²) in [6.07, 6.45) is 2.67. The second-order valence-electron chi connectivity index (χ2n) is 3.29. The Morgan fingerprint density at radius 2 is 2.57 bits per heavy atom. The first-order valence-electron chi connectivity index (χ1n) is 4.74. The maximum Gasteiger partial charge on any atom is 0.157 e. The monoisotopic (exact) mass is 198 g/mol. The molecule has 5 nitrogen and oxygen atoms in total. The molecular weight excluding hydrogens is 184 g/mol. The van der Waals surface area contributed by atoms with E-state index in [1.54, 1.807) is 10.9 Å². The average molecular weight is 198 g/mol. The maximum atomic E-state index is 9.44. The van der Waals surface area contributed by atoms with Gasteiger partial charge in [-0.2, -0.15) is 5.10 Å². The zero-order valence-electron chi connectivity index (χ0n) is 8.09. The van der Waals surface area contributed by atoms with Crippen molar-refractivity contribution >= 4 is 0 Å². The number of hydrogen-bond donors (Lipinski definition) is 1. The molecule has 2 heterocycles. The van der Waals surface area contributed by atoms with Crippen LogP contribution in [-0.2, 0) is 11.3 Å². The Kier molecular flexibility index (Phi) is 2.69. The predicted octanol–water partition coefficient (Wildman–Crippen LogP) is 0.0415. The lowest BCUT2D eigenvalue weighted by atomic mass is 10.3. The Labute approximate surface area is 82.2 Å². The lowest BCUT2D eigenvalue weighted by Crippen LogP contribution is -2.29. The number of hydrogen-bond acceptors (Lipinski definition) is 4. The molecule has 1 aromatic heterocycles. The van der Waals surface area contributed by atoms with Crippen LogP contribution in [0.4, 0.5) is 0 Å². The van der Waals surface area contributed by atoms with Gasteiger partial charge in [-0.1, -0.05) is 0 Å². The molecule has 78 valence electrons. The summed E-state index contributed by atoms with van der Waals surface area (Å²) in [7, 11) is 0. The minimum Gasteiger partial charge on any atom is -0.482 e. The van der Waals surface area contributed by atoms with Crippen molar-refractivity contribution in [1.29, 1.82) is 0 Å². The molecule has 1 saturated heterocycles. The Hall–Kier alpha value is -1.07. The number of aliphatic hydroxyl groups is 1. The van der Waals surface area contributed by atoms with Crippen molar-refractivity contribution in [2.24, 2.45) is 0 Å². The Morgan fingerprint density at radius 1 is 1.71 bits per heavy atom. The number of nitrogens with zero attached hydrogens (tertiary/aromatic N) is 2. The third-order valence-corrected chi connectivity index (χ3v) is 2.22. The molecular formula is C9H14N2O3. The number of aromatic nitrogens is 2. The van der Waals surface area contributed by atoms with Gasteiger partial charge in [-0.05, 0) is 6.92 Å². The quantitative estimate of drug-likeness (QED) is 0.745. The molecule has 1 fully saturated rings. The maximum absolute atomic E-state index is 9.44. The van der Waals surface area contributed by atoms with Crippen LogP contribution in [0.3, 0.4) is 0 Å². The highest BCUT2D eigenvalue weighted by molar-refractivity contribution is 5.12. The van der Waals surface area contributed by atoms with Gasteiger partial charge in [-0.3, -0.25) is 4.68 Å². The number of aryl methyl sites for hydroxylation is 1. The van der Waals surface area contributed by atoms with E-state index in [1.807, 2.05) is 13.1 Å². The molecule has 1 aliphatic heterocycles. The molecule has 1 N–H and O–H groups in total. The molecule has 5 heteroatoms. The van der Waals surface area contributed by atoms with Gasteiger partial charge < -0.3 is 14.6 Å². The molecule has 2 rings (SSSR count). The SMILES string of the molecule is CCn1cc(OC2COCC2O)cn1. The van der Waals surface area contributed by atoms with E-state index >= 15 is 0 Å². The van der Waals surface area contributed by atoms with Gasteiger partial charge in [0.1, 0.15) is 6.10 Å². The first kappa shape index (κ1) is 9.48. The molecule has 14 heavy (non-hydrogen) atoms. The molecule has 0 bridgehead atoms. The van der Waals surface area contributed by atoms with Gasteiger partial charge in [-0.25, -0.2) is 0 Å². The summed E-state index contributed by atoms with van der Waals surface area (Å²) in [5.41, 5.74) is 0. The van der Waals surface area contributed by atoms with Crippen LogP contribution in [0.5, 0.6) is 5.75 Å². The third kappa shape index (κ3) is 1.88. The van der Waals surface area contributed by atoms with E-state index in [0.29, 0.717) is 19.0 Å². The molecule has 1 aliphatic rings. The highest BCUT2D eigenvalue weighted by Gasteiger charge is 2.28. The van der Waals surface area contributed by atoms with Gasteiger partial charge in [0.2, 0.25) is 0 Å². The summed E-state index contributed by atoms with van der Waals surface area (Å²) in [5.74, 6) is 0.682. The summed E-state index contributed by atoms with van der Waals surface area (Å²) >= 11 is 0. The van der Waals surface area contributed by atoms with Crippen molar-refractivity contribution < 1.29 is 14.6 Å². The van der Waals surface area contributed by atoms with E-state index in [-0.39, 0.29) is 6.10 Å².